The molecule has 1 saturated heterocycles. The lowest BCUT2D eigenvalue weighted by Gasteiger charge is -2.38. The summed E-state index contributed by atoms with van der Waals surface area (Å²) in [5.74, 6) is -0.0126. The van der Waals surface area contributed by atoms with Crippen molar-refractivity contribution in [2.45, 2.75) is 6.04 Å². The highest BCUT2D eigenvalue weighted by Gasteiger charge is 2.34. The predicted molar refractivity (Wildman–Crippen MR) is 86.4 cm³/mol. The van der Waals surface area contributed by atoms with Crippen LogP contribution in [0.15, 0.2) is 24.3 Å². The Morgan fingerprint density at radius 1 is 1.35 bits per heavy atom. The molecule has 1 aromatic carbocycles. The number of nitrogens with one attached hydrogen (secondary N) is 1. The zero-order valence-corrected chi connectivity index (χ0v) is 13.2. The van der Waals surface area contributed by atoms with Crippen LogP contribution >= 0.6 is 0 Å². The van der Waals surface area contributed by atoms with E-state index < -0.39 is 11.9 Å². The van der Waals surface area contributed by atoms with Gasteiger partial charge in [0.1, 0.15) is 17.5 Å². The van der Waals surface area contributed by atoms with Crippen LogP contribution in [-0.4, -0.2) is 66.4 Å². The quantitative estimate of drug-likeness (QED) is 0.858. The molecule has 1 atom stereocenters. The van der Waals surface area contributed by atoms with Crippen molar-refractivity contribution in [2.24, 2.45) is 5.73 Å². The van der Waals surface area contributed by atoms with E-state index in [0.29, 0.717) is 31.1 Å². The summed E-state index contributed by atoms with van der Waals surface area (Å²) in [6.07, 6.45) is 0. The molecule has 7 heteroatoms. The second kappa shape index (κ2) is 5.92. The molecule has 0 radical (unpaired) electrons. The highest BCUT2D eigenvalue weighted by molar-refractivity contribution is 6.01. The monoisotopic (exact) mass is 316 g/mol. The summed E-state index contributed by atoms with van der Waals surface area (Å²) in [6.45, 7) is 1.62. The average Bonchev–Trinajstić information content (AvgIpc) is 2.98. The molecule has 1 unspecified atom stereocenters. The highest BCUT2D eigenvalue weighted by Crippen LogP contribution is 2.27. The summed E-state index contributed by atoms with van der Waals surface area (Å²) in [5, 5.41) is 0.836. The molecule has 1 aliphatic rings. The minimum absolute atomic E-state index is 0.222. The number of methoxy groups -OCH3 is 1. The Morgan fingerprint density at radius 2 is 2.13 bits per heavy atom. The van der Waals surface area contributed by atoms with Crippen molar-refractivity contribution in [1.29, 1.82) is 0 Å². The molecule has 1 aliphatic heterocycles. The number of hydrogen-bond donors (Lipinski definition) is 2. The fourth-order valence-electron chi connectivity index (χ4n) is 2.98. The number of nitrogens with zero attached hydrogens (tertiary/aromatic N) is 2. The standard InChI is InChI=1S/C16H20N4O3/c1-19-6-7-20(13(9-19)15(17)21)16(22)12-8-10-11(18-12)4-3-5-14(10)23-2/h3-5,8,13,18H,6-7,9H2,1-2H3,(H2,17,21). The number of ether oxygens (including phenoxy) is 1. The zero-order chi connectivity index (χ0) is 16.6. The molecule has 1 fully saturated rings. The van der Waals surface area contributed by atoms with E-state index in [4.69, 9.17) is 10.5 Å². The van der Waals surface area contributed by atoms with Crippen LogP contribution in [0, 0.1) is 0 Å². The molecular formula is C16H20N4O3. The Balaban J connectivity index is 1.94. The Kier molecular flexibility index (Phi) is 3.96. The number of aromatic nitrogens is 1. The molecule has 3 N–H and O–H groups in total. The third-order valence-corrected chi connectivity index (χ3v) is 4.25. The number of benzene rings is 1. The maximum atomic E-state index is 12.8. The summed E-state index contributed by atoms with van der Waals surface area (Å²) in [7, 11) is 3.50. The second-order valence-electron chi connectivity index (χ2n) is 5.78. The first-order valence-electron chi connectivity index (χ1n) is 7.46. The summed E-state index contributed by atoms with van der Waals surface area (Å²) in [5.41, 5.74) is 6.71. The van der Waals surface area contributed by atoms with Gasteiger partial charge in [0.15, 0.2) is 0 Å². The lowest BCUT2D eigenvalue weighted by atomic mass is 10.1. The summed E-state index contributed by atoms with van der Waals surface area (Å²) < 4.78 is 5.31. The summed E-state index contributed by atoms with van der Waals surface area (Å²) in [4.78, 5) is 31.1. The van der Waals surface area contributed by atoms with Gasteiger partial charge in [0.25, 0.3) is 5.91 Å². The minimum Gasteiger partial charge on any atom is -0.496 e. The SMILES string of the molecule is COc1cccc2[nH]c(C(=O)N3CCN(C)CC3C(N)=O)cc12. The van der Waals surface area contributed by atoms with Crippen LogP contribution in [0.25, 0.3) is 10.9 Å². The molecule has 1 aromatic heterocycles. The van der Waals surface area contributed by atoms with Crippen LogP contribution in [-0.2, 0) is 4.79 Å². The van der Waals surface area contributed by atoms with Crippen molar-refractivity contribution in [3.8, 4) is 5.75 Å². The van der Waals surface area contributed by atoms with Crippen LogP contribution in [0.5, 0.6) is 5.75 Å². The number of likely N-dealkylation sites (N-methyl/N-ethyl adjacent to an activating group) is 1. The molecule has 122 valence electrons. The Bertz CT molecular complexity index is 755. The van der Waals surface area contributed by atoms with E-state index in [1.165, 1.54) is 0 Å². The van der Waals surface area contributed by atoms with Crippen molar-refractivity contribution in [2.75, 3.05) is 33.8 Å². The van der Waals surface area contributed by atoms with Gasteiger partial charge in [-0.2, -0.15) is 0 Å². The molecule has 0 saturated carbocycles. The normalized spacial score (nSPS) is 19.0. The van der Waals surface area contributed by atoms with Crippen LogP contribution in [0.2, 0.25) is 0 Å². The highest BCUT2D eigenvalue weighted by atomic mass is 16.5. The van der Waals surface area contributed by atoms with Gasteiger partial charge in [0.05, 0.1) is 7.11 Å². The number of aromatic amines is 1. The number of H-pyrrole nitrogens is 1. The van der Waals surface area contributed by atoms with Gasteiger partial charge in [-0.15, -0.1) is 0 Å². The van der Waals surface area contributed by atoms with Crippen molar-refractivity contribution in [3.05, 3.63) is 30.0 Å². The second-order valence-corrected chi connectivity index (χ2v) is 5.78. The third-order valence-electron chi connectivity index (χ3n) is 4.25. The lowest BCUT2D eigenvalue weighted by Crippen LogP contribution is -2.59. The third kappa shape index (κ3) is 2.75. The molecule has 2 heterocycles. The number of carbonyl (C=O) groups excluding carboxylic acids is 2. The predicted octanol–water partition coefficient (Wildman–Crippen LogP) is 0.418. The van der Waals surface area contributed by atoms with E-state index in [1.807, 2.05) is 30.1 Å². The number of primary amides is 1. The first-order chi connectivity index (χ1) is 11.0. The van der Waals surface area contributed by atoms with Gasteiger partial charge >= 0.3 is 0 Å². The topological polar surface area (TPSA) is 91.7 Å². The van der Waals surface area contributed by atoms with Crippen molar-refractivity contribution in [3.63, 3.8) is 0 Å². The molecule has 7 nitrogen and oxygen atoms in total. The first-order valence-corrected chi connectivity index (χ1v) is 7.46. The molecule has 0 spiro atoms. The van der Waals surface area contributed by atoms with E-state index in [1.54, 1.807) is 18.1 Å². The van der Waals surface area contributed by atoms with E-state index in [2.05, 4.69) is 4.98 Å². The van der Waals surface area contributed by atoms with Crippen LogP contribution in [0.4, 0.5) is 0 Å². The van der Waals surface area contributed by atoms with E-state index >= 15 is 0 Å². The van der Waals surface area contributed by atoms with E-state index in [0.717, 1.165) is 10.9 Å². The minimum atomic E-state index is -0.616. The molecule has 3 rings (SSSR count). The Morgan fingerprint density at radius 3 is 2.83 bits per heavy atom. The number of nitrogens with two attached hydrogens (primary N) is 1. The number of piperazine rings is 1. The van der Waals surface area contributed by atoms with Gasteiger partial charge in [0.2, 0.25) is 5.91 Å². The average molecular weight is 316 g/mol. The summed E-state index contributed by atoms with van der Waals surface area (Å²) >= 11 is 0. The first kappa shape index (κ1) is 15.4. The van der Waals surface area contributed by atoms with E-state index in [-0.39, 0.29) is 5.91 Å². The molecular weight excluding hydrogens is 296 g/mol. The number of carbonyl (C=O) groups is 2. The van der Waals surface area contributed by atoms with Crippen molar-refractivity contribution >= 4 is 22.7 Å². The largest absolute Gasteiger partial charge is 0.496 e. The van der Waals surface area contributed by atoms with Crippen LogP contribution in [0.1, 0.15) is 10.5 Å². The fourth-order valence-corrected chi connectivity index (χ4v) is 2.98. The Labute approximate surface area is 134 Å². The summed E-state index contributed by atoms with van der Waals surface area (Å²) in [6, 6.07) is 6.71. The number of rotatable bonds is 3. The molecule has 2 aromatic rings. The van der Waals surface area contributed by atoms with Crippen LogP contribution < -0.4 is 10.5 Å². The smallest absolute Gasteiger partial charge is 0.271 e. The molecule has 0 aliphatic carbocycles. The maximum Gasteiger partial charge on any atom is 0.271 e. The van der Waals surface area contributed by atoms with Gasteiger partial charge in [-0.3, -0.25) is 9.59 Å². The maximum absolute atomic E-state index is 12.8. The number of amides is 2. The lowest BCUT2D eigenvalue weighted by molar-refractivity contribution is -0.124. The molecule has 0 bridgehead atoms. The number of hydrogen-bond acceptors (Lipinski definition) is 4. The van der Waals surface area contributed by atoms with Gasteiger partial charge in [-0.25, -0.2) is 0 Å². The van der Waals surface area contributed by atoms with Crippen molar-refractivity contribution in [1.82, 2.24) is 14.8 Å². The van der Waals surface area contributed by atoms with Crippen molar-refractivity contribution < 1.29 is 14.3 Å². The Hall–Kier alpha value is -2.54. The van der Waals surface area contributed by atoms with E-state index in [9.17, 15) is 9.59 Å². The molecule has 2 amide bonds. The van der Waals surface area contributed by atoms with Gasteiger partial charge in [0, 0.05) is 30.5 Å². The molecule has 23 heavy (non-hydrogen) atoms. The zero-order valence-electron chi connectivity index (χ0n) is 13.2. The fraction of sp³-hybridized carbons (Fsp3) is 0.375. The van der Waals surface area contributed by atoms with Gasteiger partial charge in [-0.1, -0.05) is 6.07 Å². The van der Waals surface area contributed by atoms with Gasteiger partial charge in [-0.05, 0) is 25.2 Å². The van der Waals surface area contributed by atoms with Gasteiger partial charge < -0.3 is 25.3 Å². The van der Waals surface area contributed by atoms with Crippen LogP contribution in [0.3, 0.4) is 0 Å². The number of fused-ring (bicyclic) bond motifs is 1.